The zero-order chi connectivity index (χ0) is 36.6. The van der Waals surface area contributed by atoms with Crippen LogP contribution in [0.2, 0.25) is 0 Å². The SMILES string of the molecule is c1ccc(-c2cc(-c3ccccc3)cc(-c3nc(-c4ccccc4)nc(-c4ccc5c(c4)sc4cccc(-c6cccc(-c7ccccc7)c6)c45)n3)c2)cc1. The van der Waals surface area contributed by atoms with Gasteiger partial charge in [0.25, 0.3) is 0 Å². The third-order valence-corrected chi connectivity index (χ3v) is 11.2. The van der Waals surface area contributed by atoms with Crippen LogP contribution < -0.4 is 0 Å². The van der Waals surface area contributed by atoms with E-state index in [0.717, 1.165) is 38.9 Å². The fourth-order valence-corrected chi connectivity index (χ4v) is 8.58. The lowest BCUT2D eigenvalue weighted by atomic mass is 9.95. The highest BCUT2D eigenvalue weighted by Gasteiger charge is 2.17. The van der Waals surface area contributed by atoms with Crippen molar-refractivity contribution in [3.05, 3.63) is 200 Å². The summed E-state index contributed by atoms with van der Waals surface area (Å²) in [4.78, 5) is 15.4. The van der Waals surface area contributed by atoms with E-state index in [4.69, 9.17) is 15.0 Å². The van der Waals surface area contributed by atoms with Crippen LogP contribution in [0.3, 0.4) is 0 Å². The van der Waals surface area contributed by atoms with Gasteiger partial charge in [0.1, 0.15) is 0 Å². The fourth-order valence-electron chi connectivity index (χ4n) is 7.40. The zero-order valence-electron chi connectivity index (χ0n) is 29.8. The second-order valence-corrected chi connectivity index (χ2v) is 14.7. The minimum Gasteiger partial charge on any atom is -0.208 e. The molecule has 10 rings (SSSR count). The first-order valence-corrected chi connectivity index (χ1v) is 19.2. The molecule has 0 bridgehead atoms. The van der Waals surface area contributed by atoms with E-state index in [1.807, 2.05) is 41.7 Å². The molecule has 0 spiro atoms. The molecule has 3 nitrogen and oxygen atoms in total. The number of benzene rings is 8. The second kappa shape index (κ2) is 14.1. The maximum absolute atomic E-state index is 5.22. The quantitative estimate of drug-likeness (QED) is 0.165. The van der Waals surface area contributed by atoms with Crippen molar-refractivity contribution in [1.82, 2.24) is 15.0 Å². The minimum atomic E-state index is 0.635. The topological polar surface area (TPSA) is 38.7 Å². The largest absolute Gasteiger partial charge is 0.208 e. The molecule has 0 saturated carbocycles. The highest BCUT2D eigenvalue weighted by atomic mass is 32.1. The van der Waals surface area contributed by atoms with Gasteiger partial charge in [-0.25, -0.2) is 15.0 Å². The predicted octanol–water partition coefficient (Wildman–Crippen LogP) is 13.9. The molecule has 0 radical (unpaired) electrons. The van der Waals surface area contributed by atoms with Crippen molar-refractivity contribution in [2.75, 3.05) is 0 Å². The van der Waals surface area contributed by atoms with E-state index in [1.54, 1.807) is 0 Å². The van der Waals surface area contributed by atoms with Crippen LogP contribution in [-0.2, 0) is 0 Å². The summed E-state index contributed by atoms with van der Waals surface area (Å²) in [5.74, 6) is 1.92. The summed E-state index contributed by atoms with van der Waals surface area (Å²) in [7, 11) is 0. The Balaban J connectivity index is 1.12. The molecule has 8 aromatic carbocycles. The van der Waals surface area contributed by atoms with Gasteiger partial charge >= 0.3 is 0 Å². The molecule has 4 heteroatoms. The smallest absolute Gasteiger partial charge is 0.164 e. The maximum atomic E-state index is 5.22. The van der Waals surface area contributed by atoms with Crippen LogP contribution in [0.5, 0.6) is 0 Å². The van der Waals surface area contributed by atoms with E-state index < -0.39 is 0 Å². The van der Waals surface area contributed by atoms with Gasteiger partial charge in [0.2, 0.25) is 0 Å². The molecular weight excluding hydrogens is 687 g/mol. The highest BCUT2D eigenvalue weighted by molar-refractivity contribution is 7.26. The summed E-state index contributed by atoms with van der Waals surface area (Å²) in [5, 5.41) is 2.50. The maximum Gasteiger partial charge on any atom is 0.164 e. The zero-order valence-corrected chi connectivity index (χ0v) is 30.6. The molecule has 0 aliphatic rings. The minimum absolute atomic E-state index is 0.635. The molecule has 0 saturated heterocycles. The standard InChI is InChI=1S/C51H33N3S/c1-5-15-34(16-6-1)38-23-13-24-39(29-38)44-25-14-26-46-48(44)45-28-27-40(33-47(45)55-46)50-52-49(37-21-11-4-12-22-37)53-51(54-50)43-31-41(35-17-7-2-8-18-35)30-42(32-43)36-19-9-3-10-20-36/h1-33H. The Morgan fingerprint density at radius 3 is 1.35 bits per heavy atom. The monoisotopic (exact) mass is 719 g/mol. The number of nitrogens with zero attached hydrogens (tertiary/aromatic N) is 3. The van der Waals surface area contributed by atoms with E-state index in [0.29, 0.717) is 17.5 Å². The highest BCUT2D eigenvalue weighted by Crippen LogP contribution is 2.42. The van der Waals surface area contributed by atoms with Gasteiger partial charge in [-0.2, -0.15) is 0 Å². The van der Waals surface area contributed by atoms with Crippen LogP contribution in [0.25, 0.3) is 98.8 Å². The molecule has 0 aliphatic carbocycles. The Hall–Kier alpha value is -7.01. The summed E-state index contributed by atoms with van der Waals surface area (Å²) in [6.45, 7) is 0. The number of hydrogen-bond acceptors (Lipinski definition) is 4. The molecule has 0 unspecified atom stereocenters. The van der Waals surface area contributed by atoms with Gasteiger partial charge in [-0.1, -0.05) is 164 Å². The summed E-state index contributed by atoms with van der Waals surface area (Å²) >= 11 is 1.81. The third-order valence-electron chi connectivity index (χ3n) is 10.1. The number of thiophene rings is 1. The summed E-state index contributed by atoms with van der Waals surface area (Å²) < 4.78 is 2.45. The average Bonchev–Trinajstić information content (AvgIpc) is 3.66. The van der Waals surface area contributed by atoms with Crippen LogP contribution in [0.1, 0.15) is 0 Å². The van der Waals surface area contributed by atoms with Crippen LogP contribution in [-0.4, -0.2) is 15.0 Å². The molecule has 0 atom stereocenters. The van der Waals surface area contributed by atoms with Gasteiger partial charge < -0.3 is 0 Å². The molecule has 10 aromatic rings. The van der Waals surface area contributed by atoms with Gasteiger partial charge in [0, 0.05) is 36.9 Å². The van der Waals surface area contributed by atoms with E-state index in [1.165, 1.54) is 42.4 Å². The van der Waals surface area contributed by atoms with E-state index in [2.05, 4.69) is 170 Å². The van der Waals surface area contributed by atoms with Crippen LogP contribution in [0.15, 0.2) is 200 Å². The van der Waals surface area contributed by atoms with E-state index >= 15 is 0 Å². The molecule has 0 fully saturated rings. The second-order valence-electron chi connectivity index (χ2n) is 13.6. The summed E-state index contributed by atoms with van der Waals surface area (Å²) in [6.07, 6.45) is 0. The van der Waals surface area contributed by atoms with Gasteiger partial charge in [-0.15, -0.1) is 11.3 Å². The summed E-state index contributed by atoms with van der Waals surface area (Å²) in [6, 6.07) is 70.5. The molecule has 258 valence electrons. The Morgan fingerprint density at radius 1 is 0.273 bits per heavy atom. The molecule has 55 heavy (non-hydrogen) atoms. The van der Waals surface area contributed by atoms with Crippen molar-refractivity contribution in [1.29, 1.82) is 0 Å². The molecule has 0 N–H and O–H groups in total. The van der Waals surface area contributed by atoms with Gasteiger partial charge in [-0.3, -0.25) is 0 Å². The predicted molar refractivity (Wildman–Crippen MR) is 231 cm³/mol. The molecule has 0 amide bonds. The lowest BCUT2D eigenvalue weighted by Crippen LogP contribution is -2.00. The first-order valence-electron chi connectivity index (χ1n) is 18.4. The normalized spacial score (nSPS) is 11.3. The number of rotatable bonds is 7. The van der Waals surface area contributed by atoms with Crippen molar-refractivity contribution in [3.8, 4) is 78.7 Å². The molecule has 2 heterocycles. The summed E-state index contributed by atoms with van der Waals surface area (Å²) in [5.41, 5.74) is 12.2. The Kier molecular flexibility index (Phi) is 8.36. The third kappa shape index (κ3) is 6.39. The lowest BCUT2D eigenvalue weighted by Gasteiger charge is -2.12. The Labute approximate surface area is 323 Å². The van der Waals surface area contributed by atoms with Gasteiger partial charge in [-0.05, 0) is 80.9 Å². The molecular formula is C51H33N3S. The molecule has 2 aromatic heterocycles. The Bertz CT molecular complexity index is 2900. The number of hydrogen-bond donors (Lipinski definition) is 0. The van der Waals surface area contributed by atoms with Gasteiger partial charge in [0.05, 0.1) is 0 Å². The van der Waals surface area contributed by atoms with Crippen molar-refractivity contribution in [3.63, 3.8) is 0 Å². The lowest BCUT2D eigenvalue weighted by molar-refractivity contribution is 1.07. The van der Waals surface area contributed by atoms with Crippen LogP contribution in [0.4, 0.5) is 0 Å². The fraction of sp³-hybridized carbons (Fsp3) is 0. The van der Waals surface area contributed by atoms with Crippen LogP contribution in [0, 0.1) is 0 Å². The van der Waals surface area contributed by atoms with Crippen molar-refractivity contribution >= 4 is 31.5 Å². The average molecular weight is 720 g/mol. The van der Waals surface area contributed by atoms with Gasteiger partial charge in [0.15, 0.2) is 17.5 Å². The van der Waals surface area contributed by atoms with E-state index in [-0.39, 0.29) is 0 Å². The van der Waals surface area contributed by atoms with E-state index in [9.17, 15) is 0 Å². The first-order chi connectivity index (χ1) is 27.2. The Morgan fingerprint density at radius 2 is 0.727 bits per heavy atom. The number of fused-ring (bicyclic) bond motifs is 3. The first kappa shape index (κ1) is 32.6. The van der Waals surface area contributed by atoms with Crippen molar-refractivity contribution < 1.29 is 0 Å². The van der Waals surface area contributed by atoms with Crippen molar-refractivity contribution in [2.24, 2.45) is 0 Å². The van der Waals surface area contributed by atoms with Crippen molar-refractivity contribution in [2.45, 2.75) is 0 Å². The number of aromatic nitrogens is 3. The molecule has 0 aliphatic heterocycles. The van der Waals surface area contributed by atoms with Crippen LogP contribution >= 0.6 is 11.3 Å².